The van der Waals surface area contributed by atoms with Crippen LogP contribution in [0.4, 0.5) is 5.69 Å². The van der Waals surface area contributed by atoms with Crippen LogP contribution in [0.25, 0.3) is 5.57 Å². The minimum Gasteiger partial charge on any atom is -0.493 e. The van der Waals surface area contributed by atoms with Crippen molar-refractivity contribution in [3.8, 4) is 5.75 Å². The highest BCUT2D eigenvalue weighted by Crippen LogP contribution is 2.36. The zero-order valence-corrected chi connectivity index (χ0v) is 20.0. The molecule has 33 heavy (non-hydrogen) atoms. The lowest BCUT2D eigenvalue weighted by Crippen LogP contribution is -2.43. The van der Waals surface area contributed by atoms with Crippen LogP contribution in [0.2, 0.25) is 0 Å². The van der Waals surface area contributed by atoms with Gasteiger partial charge in [0.15, 0.2) is 0 Å². The number of imide groups is 1. The zero-order valence-electron chi connectivity index (χ0n) is 20.0. The van der Waals surface area contributed by atoms with Crippen LogP contribution in [0, 0.1) is 5.92 Å². The fourth-order valence-electron chi connectivity index (χ4n) is 4.46. The van der Waals surface area contributed by atoms with E-state index in [1.54, 1.807) is 12.1 Å². The minimum absolute atomic E-state index is 0.221. The summed E-state index contributed by atoms with van der Waals surface area (Å²) in [5.74, 6) is 0.598. The average molecular weight is 448 g/mol. The SMILES string of the molecule is CC(C)COc1ccc(N2C(=O)C(c3ccccc3)=C(N(C)C3CCN(C)CC3)C2=O)cc1. The van der Waals surface area contributed by atoms with Crippen molar-refractivity contribution in [3.63, 3.8) is 0 Å². The number of anilines is 1. The molecule has 0 spiro atoms. The molecule has 0 saturated carbocycles. The monoisotopic (exact) mass is 447 g/mol. The van der Waals surface area contributed by atoms with Crippen LogP contribution in [-0.4, -0.2) is 61.4 Å². The number of likely N-dealkylation sites (tertiary alicyclic amines) is 1. The van der Waals surface area contributed by atoms with Crippen LogP contribution in [-0.2, 0) is 9.59 Å². The van der Waals surface area contributed by atoms with Crippen LogP contribution >= 0.6 is 0 Å². The van der Waals surface area contributed by atoms with Crippen molar-refractivity contribution in [1.82, 2.24) is 9.80 Å². The number of amides is 2. The van der Waals surface area contributed by atoms with Gasteiger partial charge in [-0.1, -0.05) is 44.2 Å². The van der Waals surface area contributed by atoms with E-state index >= 15 is 0 Å². The van der Waals surface area contributed by atoms with E-state index in [4.69, 9.17) is 4.74 Å². The lowest BCUT2D eigenvalue weighted by molar-refractivity contribution is -0.120. The second-order valence-electron chi connectivity index (χ2n) is 9.38. The van der Waals surface area contributed by atoms with Gasteiger partial charge in [-0.15, -0.1) is 0 Å². The van der Waals surface area contributed by atoms with Crippen molar-refractivity contribution in [2.45, 2.75) is 32.7 Å². The Morgan fingerprint density at radius 1 is 0.970 bits per heavy atom. The maximum Gasteiger partial charge on any atom is 0.282 e. The molecular formula is C27H33N3O3. The molecule has 0 aromatic heterocycles. The molecule has 0 atom stereocenters. The number of carbonyl (C=O) groups is 2. The van der Waals surface area contributed by atoms with Crippen LogP contribution < -0.4 is 9.64 Å². The average Bonchev–Trinajstić information content (AvgIpc) is 3.08. The summed E-state index contributed by atoms with van der Waals surface area (Å²) in [6.45, 7) is 6.76. The fourth-order valence-corrected chi connectivity index (χ4v) is 4.46. The number of ether oxygens (including phenoxy) is 1. The molecule has 6 heteroatoms. The molecule has 1 fully saturated rings. The summed E-state index contributed by atoms with van der Waals surface area (Å²) < 4.78 is 5.77. The Bertz CT molecular complexity index is 1020. The number of carbonyl (C=O) groups excluding carboxylic acids is 2. The van der Waals surface area contributed by atoms with E-state index in [9.17, 15) is 9.59 Å². The third-order valence-corrected chi connectivity index (χ3v) is 6.39. The number of rotatable bonds is 7. The molecule has 174 valence electrons. The number of hydrogen-bond acceptors (Lipinski definition) is 5. The Hall–Kier alpha value is -3.12. The molecule has 2 aromatic carbocycles. The van der Waals surface area contributed by atoms with Gasteiger partial charge in [0, 0.05) is 13.1 Å². The lowest BCUT2D eigenvalue weighted by Gasteiger charge is -2.36. The summed E-state index contributed by atoms with van der Waals surface area (Å²) in [6.07, 6.45) is 1.92. The first-order valence-corrected chi connectivity index (χ1v) is 11.7. The van der Waals surface area contributed by atoms with Gasteiger partial charge in [0.25, 0.3) is 11.8 Å². The van der Waals surface area contributed by atoms with Crippen molar-refractivity contribution in [2.24, 2.45) is 5.92 Å². The summed E-state index contributed by atoms with van der Waals surface area (Å²) in [5.41, 5.74) is 2.29. The van der Waals surface area contributed by atoms with Crippen molar-refractivity contribution < 1.29 is 14.3 Å². The molecule has 0 aliphatic carbocycles. The number of hydrogen-bond donors (Lipinski definition) is 0. The molecular weight excluding hydrogens is 414 g/mol. The second kappa shape index (κ2) is 9.79. The van der Waals surface area contributed by atoms with Crippen LogP contribution in [0.15, 0.2) is 60.3 Å². The first-order chi connectivity index (χ1) is 15.9. The number of likely N-dealkylation sites (N-methyl/N-ethyl adjacent to an activating group) is 1. The Kier molecular flexibility index (Phi) is 6.84. The highest BCUT2D eigenvalue weighted by Gasteiger charge is 2.43. The molecule has 2 aliphatic rings. The largest absolute Gasteiger partial charge is 0.493 e. The maximum absolute atomic E-state index is 13.7. The van der Waals surface area contributed by atoms with Crippen molar-refractivity contribution in [3.05, 3.63) is 65.9 Å². The number of piperidine rings is 1. The number of benzene rings is 2. The van der Waals surface area contributed by atoms with Gasteiger partial charge < -0.3 is 14.5 Å². The predicted molar refractivity (Wildman–Crippen MR) is 131 cm³/mol. The molecule has 0 radical (unpaired) electrons. The van der Waals surface area contributed by atoms with E-state index in [1.165, 1.54) is 4.90 Å². The Morgan fingerprint density at radius 2 is 1.61 bits per heavy atom. The molecule has 4 rings (SSSR count). The highest BCUT2D eigenvalue weighted by atomic mass is 16.5. The normalized spacial score (nSPS) is 17.9. The highest BCUT2D eigenvalue weighted by molar-refractivity contribution is 6.45. The zero-order chi connectivity index (χ0) is 23.5. The van der Waals surface area contributed by atoms with Gasteiger partial charge >= 0.3 is 0 Å². The van der Waals surface area contributed by atoms with Gasteiger partial charge in [-0.2, -0.15) is 0 Å². The molecule has 0 bridgehead atoms. The molecule has 0 N–H and O–H groups in total. The molecule has 2 aromatic rings. The van der Waals surface area contributed by atoms with Gasteiger partial charge in [0.1, 0.15) is 11.4 Å². The third kappa shape index (κ3) is 4.81. The molecule has 2 amide bonds. The van der Waals surface area contributed by atoms with Gasteiger partial charge in [0.05, 0.1) is 17.9 Å². The Labute approximate surface area is 196 Å². The third-order valence-electron chi connectivity index (χ3n) is 6.39. The van der Waals surface area contributed by atoms with Gasteiger partial charge in [-0.05, 0) is 68.7 Å². The van der Waals surface area contributed by atoms with E-state index in [1.807, 2.05) is 54.4 Å². The molecule has 2 aliphatic heterocycles. The van der Waals surface area contributed by atoms with Crippen LogP contribution in [0.3, 0.4) is 0 Å². The first-order valence-electron chi connectivity index (χ1n) is 11.7. The maximum atomic E-state index is 13.7. The van der Waals surface area contributed by atoms with E-state index in [0.29, 0.717) is 29.5 Å². The topological polar surface area (TPSA) is 53.1 Å². The Balaban J connectivity index is 1.66. The van der Waals surface area contributed by atoms with Crippen molar-refractivity contribution in [2.75, 3.05) is 38.7 Å². The van der Waals surface area contributed by atoms with E-state index in [-0.39, 0.29) is 17.9 Å². The van der Waals surface area contributed by atoms with Crippen molar-refractivity contribution in [1.29, 1.82) is 0 Å². The van der Waals surface area contributed by atoms with E-state index in [0.717, 1.165) is 37.2 Å². The summed E-state index contributed by atoms with van der Waals surface area (Å²) in [4.78, 5) is 33.0. The number of nitrogens with zero attached hydrogens (tertiary/aromatic N) is 3. The van der Waals surface area contributed by atoms with Crippen LogP contribution in [0.5, 0.6) is 5.75 Å². The smallest absolute Gasteiger partial charge is 0.282 e. The minimum atomic E-state index is -0.281. The lowest BCUT2D eigenvalue weighted by atomic mass is 10.0. The summed E-state index contributed by atoms with van der Waals surface area (Å²) in [6, 6.07) is 16.9. The molecule has 2 heterocycles. The van der Waals surface area contributed by atoms with Gasteiger partial charge in [-0.3, -0.25) is 9.59 Å². The standard InChI is InChI=1S/C27H33N3O3/c1-19(2)18-33-23-12-10-22(11-13-23)30-26(31)24(20-8-6-5-7-9-20)25(27(30)32)29(4)21-14-16-28(3)17-15-21/h5-13,19,21H,14-18H2,1-4H3. The Morgan fingerprint density at radius 3 is 2.21 bits per heavy atom. The van der Waals surface area contributed by atoms with Gasteiger partial charge in [0.2, 0.25) is 0 Å². The fraction of sp³-hybridized carbons (Fsp3) is 0.407. The summed E-state index contributed by atoms with van der Waals surface area (Å²) >= 11 is 0. The predicted octanol–water partition coefficient (Wildman–Crippen LogP) is 4.03. The summed E-state index contributed by atoms with van der Waals surface area (Å²) in [5, 5.41) is 0. The summed E-state index contributed by atoms with van der Waals surface area (Å²) in [7, 11) is 4.07. The quantitative estimate of drug-likeness (QED) is 0.600. The van der Waals surface area contributed by atoms with Crippen LogP contribution in [0.1, 0.15) is 32.3 Å². The molecule has 1 saturated heterocycles. The molecule has 6 nitrogen and oxygen atoms in total. The molecule has 0 unspecified atom stereocenters. The first kappa shape index (κ1) is 23.1. The second-order valence-corrected chi connectivity index (χ2v) is 9.38. The van der Waals surface area contributed by atoms with Crippen molar-refractivity contribution >= 4 is 23.1 Å². The van der Waals surface area contributed by atoms with Gasteiger partial charge in [-0.25, -0.2) is 4.90 Å². The van der Waals surface area contributed by atoms with E-state index < -0.39 is 0 Å². The van der Waals surface area contributed by atoms with E-state index in [2.05, 4.69) is 25.8 Å².